The van der Waals surface area contributed by atoms with E-state index >= 15 is 0 Å². The first kappa shape index (κ1) is 21.0. The van der Waals surface area contributed by atoms with Gasteiger partial charge in [-0.15, -0.1) is 0 Å². The molecule has 3 aromatic carbocycles. The Labute approximate surface area is 182 Å². The molecule has 1 N–H and O–H groups in total. The highest BCUT2D eigenvalue weighted by molar-refractivity contribution is 6.06. The second kappa shape index (κ2) is 8.46. The lowest BCUT2D eigenvalue weighted by Gasteiger charge is -2.33. The van der Waals surface area contributed by atoms with Crippen LogP contribution in [0.15, 0.2) is 66.7 Å². The summed E-state index contributed by atoms with van der Waals surface area (Å²) in [5.41, 5.74) is 1.50. The highest BCUT2D eigenvalue weighted by atomic mass is 19.1. The zero-order chi connectivity index (χ0) is 22.8. The highest BCUT2D eigenvalue weighted by Crippen LogP contribution is 2.37. The Kier molecular flexibility index (Phi) is 5.55. The average Bonchev–Trinajstić information content (AvgIpc) is 2.78. The maximum atomic E-state index is 13.2. The number of nitro benzene ring substituents is 1. The lowest BCUT2D eigenvalue weighted by Crippen LogP contribution is -2.44. The van der Waals surface area contributed by atoms with Crippen LogP contribution in [0.5, 0.6) is 5.75 Å². The second-order valence-corrected chi connectivity index (χ2v) is 7.25. The van der Waals surface area contributed by atoms with Crippen molar-refractivity contribution in [3.8, 4) is 5.75 Å². The van der Waals surface area contributed by atoms with Gasteiger partial charge >= 0.3 is 0 Å². The number of halogens is 1. The molecule has 1 aliphatic heterocycles. The quantitative estimate of drug-likeness (QED) is 0.476. The predicted octanol–water partition coefficient (Wildman–Crippen LogP) is 4.30. The van der Waals surface area contributed by atoms with Crippen LogP contribution < -0.4 is 15.0 Å². The molecular formula is C23H18FN3O5. The number of fused-ring (bicyclic) bond motifs is 1. The van der Waals surface area contributed by atoms with Crippen LogP contribution in [0.4, 0.5) is 21.5 Å². The molecule has 1 heterocycles. The van der Waals surface area contributed by atoms with Gasteiger partial charge in [0.05, 0.1) is 17.2 Å². The Balaban J connectivity index is 1.62. The van der Waals surface area contributed by atoms with Gasteiger partial charge in [-0.25, -0.2) is 4.39 Å². The number of benzene rings is 3. The first-order valence-corrected chi connectivity index (χ1v) is 9.74. The van der Waals surface area contributed by atoms with Crippen LogP contribution in [0.3, 0.4) is 0 Å². The molecule has 0 saturated heterocycles. The number of anilines is 2. The standard InChI is InChI=1S/C23H18FN3O5/c1-14-23(29)26(13-15-5-7-17(24)8-6-15)20-12-18(9-10-21(20)32-14)25-22(28)16-3-2-4-19(11-16)27(30)31/h2-12,14H,13H2,1H3,(H,25,28). The lowest BCUT2D eigenvalue weighted by atomic mass is 10.1. The first-order valence-electron chi connectivity index (χ1n) is 9.74. The number of nitrogens with one attached hydrogen (secondary N) is 1. The first-order chi connectivity index (χ1) is 15.3. The summed E-state index contributed by atoms with van der Waals surface area (Å²) < 4.78 is 18.9. The monoisotopic (exact) mass is 435 g/mol. The van der Waals surface area contributed by atoms with Crippen LogP contribution in [0.2, 0.25) is 0 Å². The van der Waals surface area contributed by atoms with Crippen LogP contribution in [0, 0.1) is 15.9 Å². The van der Waals surface area contributed by atoms with Crippen molar-refractivity contribution >= 4 is 28.9 Å². The van der Waals surface area contributed by atoms with Crippen LogP contribution in [-0.2, 0) is 11.3 Å². The number of carbonyl (C=O) groups excluding carboxylic acids is 2. The van der Waals surface area contributed by atoms with Crippen molar-refractivity contribution in [2.45, 2.75) is 19.6 Å². The van der Waals surface area contributed by atoms with Crippen molar-refractivity contribution in [1.29, 1.82) is 0 Å². The zero-order valence-corrected chi connectivity index (χ0v) is 16.9. The molecule has 32 heavy (non-hydrogen) atoms. The van der Waals surface area contributed by atoms with E-state index in [4.69, 9.17) is 4.74 Å². The number of hydrogen-bond acceptors (Lipinski definition) is 5. The minimum Gasteiger partial charge on any atom is -0.479 e. The van der Waals surface area contributed by atoms with Crippen LogP contribution in [0.1, 0.15) is 22.8 Å². The molecule has 9 heteroatoms. The Morgan fingerprint density at radius 1 is 1.16 bits per heavy atom. The summed E-state index contributed by atoms with van der Waals surface area (Å²) >= 11 is 0. The van der Waals surface area contributed by atoms with Gasteiger partial charge in [-0.2, -0.15) is 0 Å². The number of ether oxygens (including phenoxy) is 1. The number of nitro groups is 1. The van der Waals surface area contributed by atoms with E-state index in [1.807, 2.05) is 0 Å². The van der Waals surface area contributed by atoms with Crippen LogP contribution in [0.25, 0.3) is 0 Å². The summed E-state index contributed by atoms with van der Waals surface area (Å²) in [5.74, 6) is -0.714. The van der Waals surface area contributed by atoms with Gasteiger partial charge in [0.15, 0.2) is 6.10 Å². The van der Waals surface area contributed by atoms with Gasteiger partial charge < -0.3 is 15.0 Å². The molecule has 0 saturated carbocycles. The van der Waals surface area contributed by atoms with E-state index in [0.717, 1.165) is 5.56 Å². The fourth-order valence-electron chi connectivity index (χ4n) is 3.38. The third kappa shape index (κ3) is 4.27. The summed E-state index contributed by atoms with van der Waals surface area (Å²) in [6.07, 6.45) is -0.701. The molecule has 2 amide bonds. The molecule has 3 aromatic rings. The molecule has 1 unspecified atom stereocenters. The summed E-state index contributed by atoms with van der Waals surface area (Å²) in [4.78, 5) is 37.3. The van der Waals surface area contributed by atoms with Crippen molar-refractivity contribution in [2.75, 3.05) is 10.2 Å². The van der Waals surface area contributed by atoms with Crippen LogP contribution >= 0.6 is 0 Å². The van der Waals surface area contributed by atoms with Gasteiger partial charge in [0.2, 0.25) is 0 Å². The maximum Gasteiger partial charge on any atom is 0.270 e. The largest absolute Gasteiger partial charge is 0.479 e. The average molecular weight is 435 g/mol. The minimum absolute atomic E-state index is 0.126. The Morgan fingerprint density at radius 2 is 1.91 bits per heavy atom. The summed E-state index contributed by atoms with van der Waals surface area (Å²) in [6.45, 7) is 1.84. The molecular weight excluding hydrogens is 417 g/mol. The molecule has 4 rings (SSSR count). The highest BCUT2D eigenvalue weighted by Gasteiger charge is 2.32. The van der Waals surface area contributed by atoms with Crippen molar-refractivity contribution in [3.05, 3.63) is 93.8 Å². The summed E-state index contributed by atoms with van der Waals surface area (Å²) in [5, 5.41) is 13.6. The Morgan fingerprint density at radius 3 is 2.62 bits per heavy atom. The zero-order valence-electron chi connectivity index (χ0n) is 16.9. The molecule has 0 spiro atoms. The van der Waals surface area contributed by atoms with E-state index in [-0.39, 0.29) is 29.5 Å². The third-order valence-electron chi connectivity index (χ3n) is 5.00. The number of hydrogen-bond donors (Lipinski definition) is 1. The van der Waals surface area contributed by atoms with Gasteiger partial charge in [0.1, 0.15) is 11.6 Å². The molecule has 8 nitrogen and oxygen atoms in total. The number of rotatable bonds is 5. The van der Waals surface area contributed by atoms with E-state index in [1.165, 1.54) is 41.3 Å². The van der Waals surface area contributed by atoms with Crippen molar-refractivity contribution in [2.24, 2.45) is 0 Å². The van der Waals surface area contributed by atoms with Gasteiger partial charge in [0, 0.05) is 23.4 Å². The summed E-state index contributed by atoms with van der Waals surface area (Å²) in [7, 11) is 0. The van der Waals surface area contributed by atoms with E-state index in [9.17, 15) is 24.1 Å². The van der Waals surface area contributed by atoms with E-state index in [0.29, 0.717) is 17.1 Å². The van der Waals surface area contributed by atoms with Gasteiger partial charge in [-0.1, -0.05) is 18.2 Å². The third-order valence-corrected chi connectivity index (χ3v) is 5.00. The smallest absolute Gasteiger partial charge is 0.270 e. The van der Waals surface area contributed by atoms with Crippen molar-refractivity contribution in [1.82, 2.24) is 0 Å². The number of non-ortho nitro benzene ring substituents is 1. The normalized spacial score (nSPS) is 15.0. The van der Waals surface area contributed by atoms with Crippen molar-refractivity contribution in [3.63, 3.8) is 0 Å². The Hall–Kier alpha value is -4.27. The molecule has 0 bridgehead atoms. The topological polar surface area (TPSA) is 102 Å². The predicted molar refractivity (Wildman–Crippen MR) is 115 cm³/mol. The van der Waals surface area contributed by atoms with E-state index < -0.39 is 16.9 Å². The molecule has 0 fully saturated rings. The Bertz CT molecular complexity index is 1210. The fraction of sp³-hybridized carbons (Fsp3) is 0.130. The SMILES string of the molecule is CC1Oc2ccc(NC(=O)c3cccc([N+](=O)[O-])c3)cc2N(Cc2ccc(F)cc2)C1=O. The van der Waals surface area contributed by atoms with Crippen LogP contribution in [-0.4, -0.2) is 22.8 Å². The minimum atomic E-state index is -0.701. The fourth-order valence-corrected chi connectivity index (χ4v) is 3.38. The molecule has 0 aromatic heterocycles. The van der Waals surface area contributed by atoms with Gasteiger partial charge in [0.25, 0.3) is 17.5 Å². The number of nitrogens with zero attached hydrogens (tertiary/aromatic N) is 2. The molecule has 1 aliphatic rings. The molecule has 0 radical (unpaired) electrons. The number of amides is 2. The molecule has 0 aliphatic carbocycles. The molecule has 162 valence electrons. The second-order valence-electron chi connectivity index (χ2n) is 7.25. The van der Waals surface area contributed by atoms with Crippen molar-refractivity contribution < 1.29 is 23.6 Å². The van der Waals surface area contributed by atoms with Gasteiger partial charge in [-0.3, -0.25) is 19.7 Å². The van der Waals surface area contributed by atoms with Gasteiger partial charge in [-0.05, 0) is 48.9 Å². The number of carbonyl (C=O) groups is 2. The van der Waals surface area contributed by atoms with E-state index in [2.05, 4.69) is 5.32 Å². The molecule has 1 atom stereocenters. The lowest BCUT2D eigenvalue weighted by molar-refractivity contribution is -0.384. The summed E-state index contributed by atoms with van der Waals surface area (Å²) in [6, 6.07) is 16.1. The van der Waals surface area contributed by atoms with E-state index in [1.54, 1.807) is 37.3 Å². The maximum absolute atomic E-state index is 13.2.